The van der Waals surface area contributed by atoms with Gasteiger partial charge in [0.25, 0.3) is 0 Å². The Bertz CT molecular complexity index is 1880. The van der Waals surface area contributed by atoms with E-state index in [1.54, 1.807) is 12.8 Å². The number of benzene rings is 1. The van der Waals surface area contributed by atoms with Crippen molar-refractivity contribution in [1.82, 2.24) is 15.1 Å². The van der Waals surface area contributed by atoms with Crippen molar-refractivity contribution >= 4 is 5.91 Å². The normalized spacial score (nSPS) is 76.6. The number of hydrogen-bond acceptors (Lipinski definition) is 4. The lowest BCUT2D eigenvalue weighted by molar-refractivity contribution is -0.141. The molecule has 3 saturated heterocycles. The van der Waals surface area contributed by atoms with Gasteiger partial charge >= 0.3 is 0 Å². The second kappa shape index (κ2) is 8.12. The lowest BCUT2D eigenvalue weighted by atomic mass is 9.68. The number of terminal acetylenes is 1. The molecule has 5 aliphatic rings. The molecule has 3 aliphatic heterocycles. The first-order valence-electron chi connectivity index (χ1n) is 21.6. The van der Waals surface area contributed by atoms with E-state index in [2.05, 4.69) is 0 Å². The fraction of sp³-hybridized carbons (Fsp3) is 0.679. The predicted molar refractivity (Wildman–Crippen MR) is 130 cm³/mol. The summed E-state index contributed by atoms with van der Waals surface area (Å²) in [5.41, 5.74) is 5.82. The van der Waals surface area contributed by atoms with Crippen molar-refractivity contribution < 1.29 is 35.0 Å². The van der Waals surface area contributed by atoms with E-state index < -0.39 is 128 Å². The molecule has 0 aromatic heterocycles. The molecule has 8 unspecified atom stereocenters. The van der Waals surface area contributed by atoms with E-state index in [4.69, 9.17) is 27.2 Å². The zero-order chi connectivity index (χ0) is 42.5. The molecule has 5 heteroatoms. The molecule has 5 fully saturated rings. The molecule has 0 spiro atoms. The number of carbonyl (C=O) groups excluding carboxylic acids is 1. The molecule has 5 nitrogen and oxygen atoms in total. The third kappa shape index (κ3) is 3.29. The van der Waals surface area contributed by atoms with Crippen molar-refractivity contribution in [2.45, 2.75) is 93.8 Å². The van der Waals surface area contributed by atoms with Crippen molar-refractivity contribution in [1.29, 1.82) is 0 Å². The molecule has 1 amide bonds. The van der Waals surface area contributed by atoms with Gasteiger partial charge in [-0.25, -0.2) is 0 Å². The summed E-state index contributed by atoms with van der Waals surface area (Å²) in [7, 11) is 0. The number of carbonyl (C=O) groups is 1. The summed E-state index contributed by atoms with van der Waals surface area (Å²) >= 11 is 0. The van der Waals surface area contributed by atoms with Gasteiger partial charge in [0.1, 0.15) is 1.41 Å². The number of nitrogens with one attached hydrogen (secondary N) is 1. The Balaban J connectivity index is 1.79. The fourth-order valence-corrected chi connectivity index (χ4v) is 4.95. The second-order valence-electron chi connectivity index (χ2n) is 8.49. The summed E-state index contributed by atoms with van der Waals surface area (Å²) in [6, 6.07) is -8.57. The Kier molecular flexibility index (Phi) is 2.06. The second-order valence-corrected chi connectivity index (χ2v) is 8.49. The van der Waals surface area contributed by atoms with Crippen LogP contribution < -0.4 is 11.0 Å². The minimum absolute atomic E-state index is 0.291. The molecule has 6 rings (SSSR count). The highest BCUT2D eigenvalue weighted by Gasteiger charge is 2.61. The Morgan fingerprint density at radius 1 is 1.30 bits per heavy atom. The topological polar surface area (TPSA) is 61.6 Å². The molecule has 1 aromatic carbocycles. The average molecular weight is 469 g/mol. The Hall–Kier alpha value is -1.87. The highest BCUT2D eigenvalue weighted by atomic mass is 16.2. The number of fused-ring (bicyclic) bond motifs is 9. The summed E-state index contributed by atoms with van der Waals surface area (Å²) in [6.45, 7) is -2.42. The first-order chi connectivity index (χ1) is 24.4. The van der Waals surface area contributed by atoms with Crippen LogP contribution in [0, 0.1) is 30.0 Å². The first-order valence-corrected chi connectivity index (χ1v) is 10.6. The summed E-state index contributed by atoms with van der Waals surface area (Å²) in [5, 5.41) is -0.387. The van der Waals surface area contributed by atoms with Gasteiger partial charge in [0.2, 0.25) is 5.91 Å². The van der Waals surface area contributed by atoms with Crippen LogP contribution in [0.5, 0.6) is 0 Å². The number of likely N-dealkylation sites (N-methyl/N-ethyl adjacent to an activating group) is 1. The van der Waals surface area contributed by atoms with Gasteiger partial charge in [0, 0.05) is 69.0 Å². The van der Waals surface area contributed by atoms with Crippen LogP contribution in [0.3, 0.4) is 0 Å². The molecular weight excluding hydrogens is 408 g/mol. The molecule has 10 atom stereocenters. The first kappa shape index (κ1) is 8.36. The summed E-state index contributed by atoms with van der Waals surface area (Å²) < 4.78 is 200. The quantitative estimate of drug-likeness (QED) is 0.654. The zero-order valence-electron chi connectivity index (χ0n) is 39.7. The maximum Gasteiger partial charge on any atom is 0.226 e. The number of hydrogen-bond donors (Lipinski definition) is 2. The standard InChI is InChI=1S/C28H38N4O/c1-4-17-6-5-7-21-26(17)24-15-25(31(3)28(21)33)27-30-22-13-12-20(14-23(22)32(24)27)19-10-8-18(9-11-19)16(2)29/h1,8-11,16-17,20-27,30H,5-7,12-15,29H2,2-3H3/t16?,17?,20?,21?,22?,23?,24-,25-,26?,27?/m1/s1/i3D3,5D2,6D2,7D2,12D2,13D2,14D2,17D,20D,21D,22D,25D,27D/hD. The number of nitrogens with zero attached hydrogens (tertiary/aromatic N) is 2. The van der Waals surface area contributed by atoms with Crippen molar-refractivity contribution in [2.24, 2.45) is 23.4 Å². The third-order valence-electron chi connectivity index (χ3n) is 6.61. The smallest absolute Gasteiger partial charge is 0.226 e. The van der Waals surface area contributed by atoms with Crippen LogP contribution in [0.4, 0.5) is 0 Å². The Morgan fingerprint density at radius 3 is 2.85 bits per heavy atom. The van der Waals surface area contributed by atoms with Crippen LogP contribution >= 0.6 is 0 Å². The molecule has 2 bridgehead atoms. The number of nitrogens with two attached hydrogens (primary N) is 1. The number of amides is 1. The van der Waals surface area contributed by atoms with Gasteiger partial charge < -0.3 is 10.6 Å². The van der Waals surface area contributed by atoms with Gasteiger partial charge in [-0.05, 0) is 68.1 Å². The molecule has 2 saturated carbocycles. The van der Waals surface area contributed by atoms with Crippen LogP contribution in [-0.2, 0) is 4.79 Å². The highest BCUT2D eigenvalue weighted by Crippen LogP contribution is 2.51. The number of likely N-dealkylation sites (tertiary alicyclic amines) is 1. The molecule has 0 radical (unpaired) electrons. The van der Waals surface area contributed by atoms with Crippen LogP contribution in [0.15, 0.2) is 24.3 Å². The van der Waals surface area contributed by atoms with Gasteiger partial charge in [-0.2, -0.15) is 0 Å². The van der Waals surface area contributed by atoms with Gasteiger partial charge in [0.15, 0.2) is 0 Å². The van der Waals surface area contributed by atoms with Crippen molar-refractivity contribution in [3.8, 4) is 12.3 Å². The Morgan fingerprint density at radius 2 is 2.12 bits per heavy atom. The van der Waals surface area contributed by atoms with E-state index in [1.165, 1.54) is 12.1 Å². The molecular formula is C28H38N4O. The van der Waals surface area contributed by atoms with Gasteiger partial charge in [-0.1, -0.05) is 30.6 Å². The monoisotopic (exact) mass is 468 g/mol. The van der Waals surface area contributed by atoms with Crippen molar-refractivity contribution in [3.05, 3.63) is 35.4 Å². The molecule has 3 heterocycles. The largest absolute Gasteiger partial charge is 0.340 e. The summed E-state index contributed by atoms with van der Waals surface area (Å²) in [4.78, 5) is 14.5. The van der Waals surface area contributed by atoms with E-state index in [1.807, 2.05) is 0 Å². The summed E-state index contributed by atoms with van der Waals surface area (Å²) in [5.74, 6) is -14.5. The highest BCUT2D eigenvalue weighted by molar-refractivity contribution is 5.80. The molecule has 3 N–H and O–H groups in total. The van der Waals surface area contributed by atoms with E-state index >= 15 is 0 Å². The van der Waals surface area contributed by atoms with E-state index in [-0.39, 0.29) is 5.31 Å². The van der Waals surface area contributed by atoms with E-state index in [0.717, 1.165) is 12.1 Å². The Labute approximate surface area is 229 Å². The van der Waals surface area contributed by atoms with Crippen molar-refractivity contribution in [3.63, 3.8) is 0 Å². The third-order valence-corrected chi connectivity index (χ3v) is 6.61. The average Bonchev–Trinajstić information content (AvgIpc) is 3.35. The van der Waals surface area contributed by atoms with Crippen LogP contribution in [0.2, 0.25) is 1.41 Å². The SMILES string of the molecule is [2H]N1C2([2H])C(N3[C@@H]4C[C@@]([2H])(N(C([2H])([2H])[2H])C(=O)C5([2H])C4C([2H])(C#C)C([2H])([2H])C([2H])([2H])C5([2H])[2H])C31[2H])C([2H])([2H])C([2H])(c1ccc(C(C)N)cc1)C([2H])([2H])C2([2H])[2H]. The summed E-state index contributed by atoms with van der Waals surface area (Å²) in [6.07, 6.45) is -23.0. The molecule has 2 aliphatic carbocycles. The van der Waals surface area contributed by atoms with Crippen LogP contribution in [0.25, 0.3) is 0 Å². The van der Waals surface area contributed by atoms with E-state index in [0.29, 0.717) is 10.5 Å². The van der Waals surface area contributed by atoms with Gasteiger partial charge in [0.05, 0.1) is 14.9 Å². The molecule has 1 aromatic rings. The maximum atomic E-state index is 14.7. The fourth-order valence-electron chi connectivity index (χ4n) is 4.95. The van der Waals surface area contributed by atoms with Crippen LogP contribution in [-0.4, -0.2) is 52.9 Å². The van der Waals surface area contributed by atoms with Crippen molar-refractivity contribution in [2.75, 3.05) is 6.98 Å². The predicted octanol–water partition coefficient (Wildman–Crippen LogP) is 3.22. The van der Waals surface area contributed by atoms with E-state index in [9.17, 15) is 19.9 Å². The lowest BCUT2D eigenvalue weighted by Gasteiger charge is -2.46. The number of rotatable bonds is 2. The lowest BCUT2D eigenvalue weighted by Crippen LogP contribution is -2.56. The minimum atomic E-state index is -4.14. The maximum absolute atomic E-state index is 14.7. The van der Waals surface area contributed by atoms with Gasteiger partial charge in [-0.15, -0.1) is 12.3 Å². The van der Waals surface area contributed by atoms with Gasteiger partial charge in [-0.3, -0.25) is 15.0 Å². The molecule has 33 heavy (non-hydrogen) atoms. The molecule has 176 valence electrons. The minimum Gasteiger partial charge on any atom is -0.340 e. The van der Waals surface area contributed by atoms with Crippen LogP contribution in [0.1, 0.15) is 103 Å². The zero-order valence-corrected chi connectivity index (χ0v) is 17.7.